The summed E-state index contributed by atoms with van der Waals surface area (Å²) < 4.78 is 30.6. The molecule has 10 heteroatoms. The molecule has 0 heterocycles. The van der Waals surface area contributed by atoms with Gasteiger partial charge in [-0.2, -0.15) is 0 Å². The van der Waals surface area contributed by atoms with Crippen LogP contribution in [-0.2, 0) is 27.9 Å². The number of nitrogens with zero attached hydrogens (tertiary/aromatic N) is 1. The summed E-state index contributed by atoms with van der Waals surface area (Å²) in [5.41, 5.74) is 0. The number of rotatable bonds is 52. The van der Waals surface area contributed by atoms with Gasteiger partial charge in [0.25, 0.3) is 0 Å². The summed E-state index contributed by atoms with van der Waals surface area (Å²) in [6, 6.07) is -0.861. The van der Waals surface area contributed by atoms with Crippen LogP contribution in [0.2, 0.25) is 0 Å². The van der Waals surface area contributed by atoms with Crippen LogP contribution in [0.5, 0.6) is 0 Å². The van der Waals surface area contributed by atoms with E-state index in [0.29, 0.717) is 23.9 Å². The Morgan fingerprint density at radius 2 is 0.871 bits per heavy atom. The lowest BCUT2D eigenvalue weighted by atomic mass is 10.1. The highest BCUT2D eigenvalue weighted by Gasteiger charge is 2.30. The van der Waals surface area contributed by atoms with Crippen molar-refractivity contribution in [1.82, 2.24) is 5.32 Å². The second-order valence-electron chi connectivity index (χ2n) is 20.8. The van der Waals surface area contributed by atoms with Crippen molar-refractivity contribution < 1.29 is 37.3 Å². The van der Waals surface area contributed by atoms with Crippen LogP contribution in [0, 0.1) is 0 Å². The molecule has 408 valence electrons. The average molecular weight is 1000 g/mol. The molecule has 0 saturated carbocycles. The van der Waals surface area contributed by atoms with Crippen LogP contribution in [0.15, 0.2) is 60.8 Å². The van der Waals surface area contributed by atoms with Crippen molar-refractivity contribution in [3.63, 3.8) is 0 Å². The van der Waals surface area contributed by atoms with Gasteiger partial charge in [-0.15, -0.1) is 0 Å². The number of unbranched alkanes of at least 4 members (excludes halogenated alkanes) is 28. The maximum absolute atomic E-state index is 13.5. The summed E-state index contributed by atoms with van der Waals surface area (Å²) in [6.07, 6.45) is 62.1. The van der Waals surface area contributed by atoms with Crippen molar-refractivity contribution in [3.8, 4) is 0 Å². The molecule has 70 heavy (non-hydrogen) atoms. The molecule has 3 atom stereocenters. The second kappa shape index (κ2) is 50.3. The SMILES string of the molecule is CCCCC/C=C\C/C=C\C/C=C\CCCCCCC(=O)OC(/C=C/CCCCCCCCCCC)C(COP(=O)(O)OCC[N+](C)(C)C)NC(=O)CCCCCCC/C=C/CCCCCCCCC. The Bertz CT molecular complexity index is 1390. The third-order valence-electron chi connectivity index (χ3n) is 12.7. The maximum atomic E-state index is 13.5. The number of hydrogen-bond acceptors (Lipinski definition) is 6. The number of likely N-dealkylation sites (N-methyl/N-ethyl adjacent to an activating group) is 1. The molecule has 0 bridgehead atoms. The molecule has 0 aliphatic heterocycles. The highest BCUT2D eigenvalue weighted by molar-refractivity contribution is 7.47. The number of phosphoric ester groups is 1. The first-order chi connectivity index (χ1) is 33.9. The van der Waals surface area contributed by atoms with Crippen LogP contribution in [0.3, 0.4) is 0 Å². The molecule has 0 aromatic carbocycles. The fraction of sp³-hybridized carbons (Fsp3) is 0.800. The van der Waals surface area contributed by atoms with E-state index in [2.05, 4.69) is 74.7 Å². The molecule has 9 nitrogen and oxygen atoms in total. The molecule has 0 rings (SSSR count). The number of phosphoric acid groups is 1. The van der Waals surface area contributed by atoms with E-state index in [4.69, 9.17) is 13.8 Å². The molecule has 0 spiro atoms. The zero-order valence-electron chi connectivity index (χ0n) is 46.5. The molecule has 0 aromatic heterocycles. The van der Waals surface area contributed by atoms with Crippen molar-refractivity contribution in [2.75, 3.05) is 40.9 Å². The van der Waals surface area contributed by atoms with Crippen LogP contribution in [0.1, 0.15) is 258 Å². The van der Waals surface area contributed by atoms with E-state index in [1.807, 2.05) is 33.3 Å². The van der Waals surface area contributed by atoms with Gasteiger partial charge in [-0.25, -0.2) is 4.57 Å². The summed E-state index contributed by atoms with van der Waals surface area (Å²) in [4.78, 5) is 37.6. The number of esters is 1. The van der Waals surface area contributed by atoms with Gasteiger partial charge >= 0.3 is 13.8 Å². The van der Waals surface area contributed by atoms with E-state index in [0.717, 1.165) is 96.3 Å². The molecular weight excluding hydrogens is 892 g/mol. The van der Waals surface area contributed by atoms with Gasteiger partial charge in [0.1, 0.15) is 19.3 Å². The molecule has 1 amide bonds. The number of carbonyl (C=O) groups is 2. The Morgan fingerprint density at radius 1 is 0.500 bits per heavy atom. The van der Waals surface area contributed by atoms with Crippen molar-refractivity contribution in [2.24, 2.45) is 0 Å². The number of amides is 1. The summed E-state index contributed by atoms with van der Waals surface area (Å²) in [6.45, 7) is 6.95. The van der Waals surface area contributed by atoms with Gasteiger partial charge in [-0.05, 0) is 96.0 Å². The molecule has 0 radical (unpaired) electrons. The van der Waals surface area contributed by atoms with E-state index in [1.54, 1.807) is 0 Å². The summed E-state index contributed by atoms with van der Waals surface area (Å²) >= 11 is 0. The highest BCUT2D eigenvalue weighted by Crippen LogP contribution is 2.43. The maximum Gasteiger partial charge on any atom is 0.472 e. The average Bonchev–Trinajstić information content (AvgIpc) is 3.32. The quantitative estimate of drug-likeness (QED) is 0.0205. The Morgan fingerprint density at radius 3 is 1.34 bits per heavy atom. The van der Waals surface area contributed by atoms with Crippen LogP contribution in [0.25, 0.3) is 0 Å². The van der Waals surface area contributed by atoms with Gasteiger partial charge in [0.15, 0.2) is 0 Å². The lowest BCUT2D eigenvalue weighted by Crippen LogP contribution is -2.47. The fourth-order valence-corrected chi connectivity index (χ4v) is 8.85. The standard InChI is InChI=1S/C60H111N2O7P/c1-7-10-13-16-19-22-25-27-29-31-33-35-38-41-44-47-50-53-60(64)69-58(51-48-45-42-39-36-24-21-18-15-12-9-3)57(56-68-70(65,66)67-55-54-62(4,5)6)61-59(63)52-49-46-43-40-37-34-32-30-28-26-23-20-17-14-11-8-2/h19,22,27,29-30,32-33,35,48,51,57-58H,7-18,20-21,23-26,28,31,34,36-47,49-50,52-56H2,1-6H3,(H-,61,63,65,66)/p+1/b22-19-,29-27-,32-30+,35-33-,51-48+. The van der Waals surface area contributed by atoms with Crippen molar-refractivity contribution in [3.05, 3.63) is 60.8 Å². The molecule has 3 unspecified atom stereocenters. The van der Waals surface area contributed by atoms with E-state index < -0.39 is 20.0 Å². The fourth-order valence-electron chi connectivity index (χ4n) is 8.12. The molecule has 0 aliphatic carbocycles. The third kappa shape index (κ3) is 50.6. The van der Waals surface area contributed by atoms with Gasteiger partial charge in [0, 0.05) is 12.8 Å². The number of hydrogen-bond donors (Lipinski definition) is 2. The van der Waals surface area contributed by atoms with Crippen LogP contribution in [-0.4, -0.2) is 74.3 Å². The minimum atomic E-state index is -4.45. The minimum Gasteiger partial charge on any atom is -0.456 e. The molecular formula is C60H112N2O7P+. The number of carbonyl (C=O) groups excluding carboxylic acids is 2. The van der Waals surface area contributed by atoms with E-state index in [9.17, 15) is 19.0 Å². The number of quaternary nitrogens is 1. The van der Waals surface area contributed by atoms with Gasteiger partial charge in [0.2, 0.25) is 5.91 Å². The lowest BCUT2D eigenvalue weighted by molar-refractivity contribution is -0.870. The second-order valence-corrected chi connectivity index (χ2v) is 22.3. The topological polar surface area (TPSA) is 111 Å². The first-order valence-corrected chi connectivity index (χ1v) is 30.6. The first-order valence-electron chi connectivity index (χ1n) is 29.1. The molecule has 0 aliphatic rings. The van der Waals surface area contributed by atoms with Crippen LogP contribution >= 0.6 is 7.82 Å². The van der Waals surface area contributed by atoms with Crippen molar-refractivity contribution >= 4 is 19.7 Å². The number of allylic oxidation sites excluding steroid dienone is 9. The molecule has 0 saturated heterocycles. The normalized spacial score (nSPS) is 14.2. The Kier molecular flexibility index (Phi) is 48.6. The predicted molar refractivity (Wildman–Crippen MR) is 300 cm³/mol. The Hall–Kier alpha value is -2.29. The summed E-state index contributed by atoms with van der Waals surface area (Å²) in [5.74, 6) is -0.539. The van der Waals surface area contributed by atoms with E-state index in [-0.39, 0.29) is 31.5 Å². The first kappa shape index (κ1) is 67.7. The summed E-state index contributed by atoms with van der Waals surface area (Å²) in [5, 5.41) is 3.04. The van der Waals surface area contributed by atoms with Gasteiger partial charge in [-0.3, -0.25) is 18.6 Å². The van der Waals surface area contributed by atoms with Crippen LogP contribution < -0.4 is 5.32 Å². The number of nitrogens with one attached hydrogen (secondary N) is 1. The molecule has 0 fully saturated rings. The Balaban J connectivity index is 5.36. The highest BCUT2D eigenvalue weighted by atomic mass is 31.2. The van der Waals surface area contributed by atoms with Gasteiger partial charge in [0.05, 0.1) is 33.8 Å². The minimum absolute atomic E-state index is 0.0336. The van der Waals surface area contributed by atoms with E-state index in [1.165, 1.54) is 122 Å². The predicted octanol–water partition coefficient (Wildman–Crippen LogP) is 17.5. The largest absolute Gasteiger partial charge is 0.472 e. The van der Waals surface area contributed by atoms with Crippen molar-refractivity contribution in [2.45, 2.75) is 270 Å². The Labute approximate surface area is 432 Å². The van der Waals surface area contributed by atoms with Crippen molar-refractivity contribution in [1.29, 1.82) is 0 Å². The lowest BCUT2D eigenvalue weighted by Gasteiger charge is -2.27. The van der Waals surface area contributed by atoms with Gasteiger partial charge < -0.3 is 19.4 Å². The third-order valence-corrected chi connectivity index (χ3v) is 13.7. The monoisotopic (exact) mass is 1000 g/mol. The number of ether oxygens (including phenoxy) is 1. The smallest absolute Gasteiger partial charge is 0.456 e. The van der Waals surface area contributed by atoms with E-state index >= 15 is 0 Å². The molecule has 0 aromatic rings. The zero-order valence-corrected chi connectivity index (χ0v) is 47.4. The van der Waals surface area contributed by atoms with Gasteiger partial charge in [-0.1, -0.05) is 210 Å². The van der Waals surface area contributed by atoms with Crippen LogP contribution in [0.4, 0.5) is 0 Å². The summed E-state index contributed by atoms with van der Waals surface area (Å²) in [7, 11) is 1.47. The molecule has 2 N–H and O–H groups in total. The zero-order chi connectivity index (χ0) is 51.5.